The Bertz CT molecular complexity index is 267. The molecule has 0 saturated heterocycles. The minimum absolute atomic E-state index is 0.0591. The molecule has 0 aliphatic heterocycles. The SMILES string of the molecule is CCN(CO)CCN(C)C(=N)/C=C/NC(C)COC. The van der Waals surface area contributed by atoms with E-state index < -0.39 is 0 Å². The Morgan fingerprint density at radius 1 is 1.47 bits per heavy atom. The highest BCUT2D eigenvalue weighted by molar-refractivity contribution is 5.89. The Labute approximate surface area is 116 Å². The van der Waals surface area contributed by atoms with Gasteiger partial charge in [-0.1, -0.05) is 6.92 Å². The van der Waals surface area contributed by atoms with E-state index in [1.54, 1.807) is 19.4 Å². The molecule has 19 heavy (non-hydrogen) atoms. The van der Waals surface area contributed by atoms with E-state index in [1.807, 2.05) is 30.7 Å². The van der Waals surface area contributed by atoms with Gasteiger partial charge in [-0.2, -0.15) is 0 Å². The minimum atomic E-state index is 0.0591. The van der Waals surface area contributed by atoms with Crippen LogP contribution in [0.3, 0.4) is 0 Å². The fourth-order valence-electron chi connectivity index (χ4n) is 1.46. The molecule has 0 aromatic heterocycles. The number of ether oxygens (including phenoxy) is 1. The Balaban J connectivity index is 3.95. The average Bonchev–Trinajstić information content (AvgIpc) is 2.39. The first-order valence-electron chi connectivity index (χ1n) is 6.59. The molecule has 0 amide bonds. The lowest BCUT2D eigenvalue weighted by Gasteiger charge is -2.23. The Hall–Kier alpha value is -1.11. The van der Waals surface area contributed by atoms with Crippen LogP contribution in [0.1, 0.15) is 13.8 Å². The van der Waals surface area contributed by atoms with Gasteiger partial charge in [0.1, 0.15) is 5.84 Å². The molecule has 6 nitrogen and oxygen atoms in total. The van der Waals surface area contributed by atoms with Crippen LogP contribution in [-0.2, 0) is 4.74 Å². The van der Waals surface area contributed by atoms with Gasteiger partial charge < -0.3 is 20.1 Å². The predicted octanol–water partition coefficient (Wildman–Crippen LogP) is 0.305. The maximum atomic E-state index is 9.05. The molecule has 1 unspecified atom stereocenters. The summed E-state index contributed by atoms with van der Waals surface area (Å²) in [6.07, 6.45) is 3.49. The van der Waals surface area contributed by atoms with E-state index in [9.17, 15) is 0 Å². The van der Waals surface area contributed by atoms with Gasteiger partial charge in [0.05, 0.1) is 13.3 Å². The molecule has 0 radical (unpaired) electrons. The van der Waals surface area contributed by atoms with Crippen molar-refractivity contribution < 1.29 is 9.84 Å². The van der Waals surface area contributed by atoms with E-state index in [4.69, 9.17) is 15.3 Å². The topological polar surface area (TPSA) is 71.8 Å². The zero-order valence-electron chi connectivity index (χ0n) is 12.5. The molecule has 0 rings (SSSR count). The average molecular weight is 272 g/mol. The molecule has 0 heterocycles. The summed E-state index contributed by atoms with van der Waals surface area (Å²) in [4.78, 5) is 3.75. The van der Waals surface area contributed by atoms with Crippen LogP contribution >= 0.6 is 0 Å². The van der Waals surface area contributed by atoms with Crippen molar-refractivity contribution in [1.82, 2.24) is 15.1 Å². The van der Waals surface area contributed by atoms with Crippen molar-refractivity contribution >= 4 is 5.84 Å². The molecule has 0 fully saturated rings. The number of aliphatic hydroxyl groups excluding tert-OH is 1. The van der Waals surface area contributed by atoms with Gasteiger partial charge in [-0.15, -0.1) is 0 Å². The molecule has 3 N–H and O–H groups in total. The number of nitrogens with one attached hydrogen (secondary N) is 2. The van der Waals surface area contributed by atoms with Crippen LogP contribution in [0, 0.1) is 5.41 Å². The van der Waals surface area contributed by atoms with Crippen LogP contribution in [0.15, 0.2) is 12.3 Å². The highest BCUT2D eigenvalue weighted by atomic mass is 16.5. The number of nitrogens with zero attached hydrogens (tertiary/aromatic N) is 2. The molecule has 0 aromatic rings. The standard InChI is InChI=1S/C13H28N4O2/c1-5-17(11-18)9-8-16(3)13(14)6-7-15-12(2)10-19-4/h6-7,12,14-15,18H,5,8-11H2,1-4H3/b7-6+,14-13?. The van der Waals surface area contributed by atoms with Crippen molar-refractivity contribution in [3.8, 4) is 0 Å². The van der Waals surface area contributed by atoms with Crippen molar-refractivity contribution in [2.45, 2.75) is 19.9 Å². The van der Waals surface area contributed by atoms with E-state index in [2.05, 4.69) is 5.32 Å². The van der Waals surface area contributed by atoms with Crippen molar-refractivity contribution in [2.75, 3.05) is 47.1 Å². The van der Waals surface area contributed by atoms with Gasteiger partial charge in [0, 0.05) is 39.5 Å². The monoisotopic (exact) mass is 272 g/mol. The molecular weight excluding hydrogens is 244 g/mol. The minimum Gasteiger partial charge on any atom is -0.386 e. The van der Waals surface area contributed by atoms with Crippen LogP contribution in [-0.4, -0.2) is 73.9 Å². The lowest BCUT2D eigenvalue weighted by Crippen LogP contribution is -2.36. The molecule has 0 aliphatic carbocycles. The summed E-state index contributed by atoms with van der Waals surface area (Å²) in [6, 6.07) is 0.226. The molecule has 0 spiro atoms. The maximum absolute atomic E-state index is 9.05. The zero-order valence-corrected chi connectivity index (χ0v) is 12.5. The summed E-state index contributed by atoms with van der Waals surface area (Å²) >= 11 is 0. The number of methoxy groups -OCH3 is 1. The van der Waals surface area contributed by atoms with Gasteiger partial charge in [0.2, 0.25) is 0 Å². The fraction of sp³-hybridized carbons (Fsp3) is 0.769. The van der Waals surface area contributed by atoms with Crippen LogP contribution in [0.25, 0.3) is 0 Å². The third kappa shape index (κ3) is 8.58. The van der Waals surface area contributed by atoms with Crippen molar-refractivity contribution in [1.29, 1.82) is 5.41 Å². The largest absolute Gasteiger partial charge is 0.386 e. The summed E-state index contributed by atoms with van der Waals surface area (Å²) in [5, 5.41) is 20.1. The van der Waals surface area contributed by atoms with Gasteiger partial charge in [0.15, 0.2) is 0 Å². The van der Waals surface area contributed by atoms with E-state index >= 15 is 0 Å². The predicted molar refractivity (Wildman–Crippen MR) is 78.3 cm³/mol. The van der Waals surface area contributed by atoms with E-state index in [0.717, 1.165) is 13.1 Å². The molecule has 0 bridgehead atoms. The van der Waals surface area contributed by atoms with Crippen molar-refractivity contribution in [3.05, 3.63) is 12.3 Å². The summed E-state index contributed by atoms with van der Waals surface area (Å²) in [5.74, 6) is 0.436. The first-order chi connectivity index (χ1) is 9.04. The normalized spacial score (nSPS) is 12.9. The Morgan fingerprint density at radius 3 is 2.68 bits per heavy atom. The van der Waals surface area contributed by atoms with Crippen LogP contribution < -0.4 is 5.32 Å². The number of rotatable bonds is 10. The first kappa shape index (κ1) is 17.9. The van der Waals surface area contributed by atoms with E-state index in [0.29, 0.717) is 19.0 Å². The highest BCUT2D eigenvalue weighted by Gasteiger charge is 2.04. The lowest BCUT2D eigenvalue weighted by atomic mass is 10.3. The van der Waals surface area contributed by atoms with Gasteiger partial charge in [-0.05, 0) is 19.5 Å². The molecule has 0 aromatic carbocycles. The van der Waals surface area contributed by atoms with Crippen molar-refractivity contribution in [2.24, 2.45) is 0 Å². The van der Waals surface area contributed by atoms with Crippen LogP contribution in [0.5, 0.6) is 0 Å². The molecule has 0 aliphatic rings. The summed E-state index contributed by atoms with van der Waals surface area (Å²) in [5.41, 5.74) is 0. The lowest BCUT2D eigenvalue weighted by molar-refractivity contribution is 0.108. The summed E-state index contributed by atoms with van der Waals surface area (Å²) in [6.45, 7) is 6.98. The number of amidine groups is 1. The second kappa shape index (κ2) is 10.8. The molecule has 6 heteroatoms. The fourth-order valence-corrected chi connectivity index (χ4v) is 1.46. The smallest absolute Gasteiger partial charge is 0.121 e. The van der Waals surface area contributed by atoms with E-state index in [1.165, 1.54) is 0 Å². The zero-order chi connectivity index (χ0) is 14.7. The Morgan fingerprint density at radius 2 is 2.16 bits per heavy atom. The second-order valence-corrected chi connectivity index (χ2v) is 4.52. The first-order valence-corrected chi connectivity index (χ1v) is 6.59. The maximum Gasteiger partial charge on any atom is 0.121 e. The van der Waals surface area contributed by atoms with Gasteiger partial charge >= 0.3 is 0 Å². The second-order valence-electron chi connectivity index (χ2n) is 4.52. The van der Waals surface area contributed by atoms with E-state index in [-0.39, 0.29) is 12.8 Å². The molecular formula is C13H28N4O2. The third-order valence-corrected chi connectivity index (χ3v) is 2.85. The number of likely N-dealkylation sites (N-methyl/N-ethyl adjacent to an activating group) is 2. The summed E-state index contributed by atoms with van der Waals surface area (Å²) in [7, 11) is 3.54. The van der Waals surface area contributed by atoms with Gasteiger partial charge in [0.25, 0.3) is 0 Å². The summed E-state index contributed by atoms with van der Waals surface area (Å²) < 4.78 is 5.01. The quantitative estimate of drug-likeness (QED) is 0.303. The van der Waals surface area contributed by atoms with Gasteiger partial charge in [-0.3, -0.25) is 10.3 Å². The van der Waals surface area contributed by atoms with Crippen LogP contribution in [0.2, 0.25) is 0 Å². The van der Waals surface area contributed by atoms with Crippen molar-refractivity contribution in [3.63, 3.8) is 0 Å². The molecule has 0 saturated carbocycles. The Kier molecular flexibility index (Phi) is 10.1. The number of hydrogen-bond donors (Lipinski definition) is 3. The number of aliphatic hydroxyl groups is 1. The van der Waals surface area contributed by atoms with Crippen LogP contribution in [0.4, 0.5) is 0 Å². The van der Waals surface area contributed by atoms with Gasteiger partial charge in [-0.25, -0.2) is 0 Å². The molecule has 112 valence electrons. The highest BCUT2D eigenvalue weighted by Crippen LogP contribution is 1.91. The number of hydrogen-bond acceptors (Lipinski definition) is 5. The third-order valence-electron chi connectivity index (χ3n) is 2.85. The molecule has 1 atom stereocenters.